The molecule has 3 saturated heterocycles. The third kappa shape index (κ3) is 4.94. The fraction of sp³-hybridized carbons (Fsp3) is 0.667. The van der Waals surface area contributed by atoms with Crippen molar-refractivity contribution >= 4 is 22.0 Å². The van der Waals surface area contributed by atoms with Gasteiger partial charge in [0.05, 0.1) is 19.1 Å². The maximum Gasteiger partial charge on any atom is 0.282 e. The average molecular weight is 493 g/mol. The molecule has 10 heteroatoms. The van der Waals surface area contributed by atoms with E-state index in [1.807, 2.05) is 29.2 Å². The van der Waals surface area contributed by atoms with E-state index in [0.29, 0.717) is 32.7 Å². The van der Waals surface area contributed by atoms with Crippen molar-refractivity contribution in [3.63, 3.8) is 0 Å². The molecule has 2 amide bonds. The number of carbonyl (C=O) groups is 2. The van der Waals surface area contributed by atoms with Gasteiger partial charge >= 0.3 is 0 Å². The lowest BCUT2D eigenvalue weighted by Gasteiger charge is -2.38. The Balaban J connectivity index is 1.48. The first-order chi connectivity index (χ1) is 16.4. The smallest absolute Gasteiger partial charge is 0.282 e. The molecule has 0 spiro atoms. The number of ether oxygens (including phenoxy) is 1. The largest absolute Gasteiger partial charge is 0.497 e. The molecular weight excluding hydrogens is 456 g/mol. The van der Waals surface area contributed by atoms with Gasteiger partial charge in [0.1, 0.15) is 5.75 Å². The second-order valence-corrected chi connectivity index (χ2v) is 11.2. The molecular formula is C24H36N4O5S. The van der Waals surface area contributed by atoms with Crippen molar-refractivity contribution < 1.29 is 22.7 Å². The van der Waals surface area contributed by atoms with Gasteiger partial charge in [-0.05, 0) is 37.0 Å². The zero-order chi connectivity index (χ0) is 24.3. The number of nitrogens with zero attached hydrogens (tertiary/aromatic N) is 4. The molecule has 0 radical (unpaired) electrons. The second kappa shape index (κ2) is 10.6. The number of piperazine rings is 1. The van der Waals surface area contributed by atoms with Crippen molar-refractivity contribution in [3.05, 3.63) is 29.8 Å². The summed E-state index contributed by atoms with van der Waals surface area (Å²) in [5.41, 5.74) is 0.927. The fourth-order valence-corrected chi connectivity index (χ4v) is 6.94. The van der Waals surface area contributed by atoms with E-state index in [2.05, 4.69) is 6.92 Å². The number of hydrogen-bond donors (Lipinski definition) is 0. The highest BCUT2D eigenvalue weighted by Gasteiger charge is 2.46. The predicted octanol–water partition coefficient (Wildman–Crippen LogP) is 1.87. The molecule has 0 saturated carbocycles. The summed E-state index contributed by atoms with van der Waals surface area (Å²) in [4.78, 5) is 30.2. The van der Waals surface area contributed by atoms with Crippen LogP contribution in [0.3, 0.4) is 0 Å². The molecule has 0 aromatic heterocycles. The molecule has 3 heterocycles. The van der Waals surface area contributed by atoms with Crippen molar-refractivity contribution in [1.29, 1.82) is 0 Å². The monoisotopic (exact) mass is 492 g/mol. The van der Waals surface area contributed by atoms with E-state index >= 15 is 0 Å². The second-order valence-electron chi connectivity index (χ2n) is 9.31. The third-order valence-electron chi connectivity index (χ3n) is 7.23. The number of methoxy groups -OCH3 is 1. The summed E-state index contributed by atoms with van der Waals surface area (Å²) in [7, 11) is -1.85. The van der Waals surface area contributed by atoms with E-state index in [0.717, 1.165) is 37.0 Å². The third-order valence-corrected chi connectivity index (χ3v) is 9.26. The van der Waals surface area contributed by atoms with Crippen LogP contribution in [0.2, 0.25) is 0 Å². The molecule has 34 heavy (non-hydrogen) atoms. The number of amides is 2. The summed E-state index contributed by atoms with van der Waals surface area (Å²) >= 11 is 0. The molecule has 0 N–H and O–H groups in total. The highest BCUT2D eigenvalue weighted by molar-refractivity contribution is 7.86. The van der Waals surface area contributed by atoms with Gasteiger partial charge in [0.15, 0.2) is 0 Å². The van der Waals surface area contributed by atoms with Crippen molar-refractivity contribution in [2.24, 2.45) is 5.92 Å². The molecule has 4 rings (SSSR count). The minimum atomic E-state index is -3.46. The van der Waals surface area contributed by atoms with Crippen LogP contribution in [0.25, 0.3) is 0 Å². The van der Waals surface area contributed by atoms with Crippen LogP contribution in [0.4, 0.5) is 0 Å². The van der Waals surface area contributed by atoms with Crippen LogP contribution in [0, 0.1) is 5.92 Å². The van der Waals surface area contributed by atoms with Crippen LogP contribution in [0.5, 0.6) is 5.75 Å². The van der Waals surface area contributed by atoms with Gasteiger partial charge in [0.2, 0.25) is 11.8 Å². The Labute approximate surface area is 202 Å². The van der Waals surface area contributed by atoms with E-state index in [1.54, 1.807) is 16.3 Å². The lowest BCUT2D eigenvalue weighted by atomic mass is 9.92. The topological polar surface area (TPSA) is 90.5 Å². The number of unbranched alkanes of at least 4 members (excludes halogenated alkanes) is 1. The zero-order valence-corrected chi connectivity index (χ0v) is 21.0. The summed E-state index contributed by atoms with van der Waals surface area (Å²) in [6.45, 7) is 5.13. The lowest BCUT2D eigenvalue weighted by molar-refractivity contribution is -0.137. The van der Waals surface area contributed by atoms with Gasteiger partial charge in [0.25, 0.3) is 10.2 Å². The number of rotatable bonds is 8. The Morgan fingerprint density at radius 2 is 1.62 bits per heavy atom. The van der Waals surface area contributed by atoms with Gasteiger partial charge in [-0.15, -0.1) is 0 Å². The van der Waals surface area contributed by atoms with E-state index in [9.17, 15) is 18.0 Å². The maximum absolute atomic E-state index is 13.6. The van der Waals surface area contributed by atoms with Crippen molar-refractivity contribution in [1.82, 2.24) is 18.4 Å². The first-order valence-electron chi connectivity index (χ1n) is 12.3. The van der Waals surface area contributed by atoms with Gasteiger partial charge in [0, 0.05) is 52.2 Å². The van der Waals surface area contributed by atoms with Crippen LogP contribution >= 0.6 is 0 Å². The Hall–Kier alpha value is -2.17. The zero-order valence-electron chi connectivity index (χ0n) is 20.2. The number of likely N-dealkylation sites (tertiary alicyclic amines) is 1. The fourth-order valence-electron chi connectivity index (χ4n) is 5.27. The summed E-state index contributed by atoms with van der Waals surface area (Å²) < 4.78 is 34.1. The molecule has 1 aromatic carbocycles. The summed E-state index contributed by atoms with van der Waals surface area (Å²) in [6, 6.07) is 7.27. The Morgan fingerprint density at radius 1 is 1.00 bits per heavy atom. The standard InChI is InChI=1S/C24H36N4O5S/c1-3-4-13-28-22(29)18-21(23(28)19-7-9-20(33-2)10-8-19)24(30)25-14-16-27(17-15-25)34(31,32)26-11-5-6-12-26/h7-10,21,23H,3-6,11-18H2,1-2H3/t21-,23-/m1/s1. The van der Waals surface area contributed by atoms with Crippen molar-refractivity contribution in [3.8, 4) is 5.75 Å². The summed E-state index contributed by atoms with van der Waals surface area (Å²) in [5.74, 6) is 0.195. The molecule has 3 aliphatic rings. The lowest BCUT2D eigenvalue weighted by Crippen LogP contribution is -2.55. The maximum atomic E-state index is 13.6. The quantitative estimate of drug-likeness (QED) is 0.553. The first kappa shape index (κ1) is 24.9. The Kier molecular flexibility index (Phi) is 7.79. The highest BCUT2D eigenvalue weighted by Crippen LogP contribution is 2.40. The number of carbonyl (C=O) groups excluding carboxylic acids is 2. The molecule has 188 valence electrons. The Morgan fingerprint density at radius 3 is 2.21 bits per heavy atom. The van der Waals surface area contributed by atoms with E-state index < -0.39 is 16.1 Å². The molecule has 3 fully saturated rings. The molecule has 3 aliphatic heterocycles. The summed E-state index contributed by atoms with van der Waals surface area (Å²) in [5, 5.41) is 0. The van der Waals surface area contributed by atoms with Gasteiger partial charge in [-0.1, -0.05) is 25.5 Å². The number of benzene rings is 1. The average Bonchev–Trinajstić information content (AvgIpc) is 3.51. The van der Waals surface area contributed by atoms with E-state index in [-0.39, 0.29) is 37.4 Å². The molecule has 9 nitrogen and oxygen atoms in total. The van der Waals surface area contributed by atoms with Crippen LogP contribution in [-0.2, 0) is 19.8 Å². The summed E-state index contributed by atoms with van der Waals surface area (Å²) in [6.07, 6.45) is 3.83. The van der Waals surface area contributed by atoms with Crippen LogP contribution in [0.1, 0.15) is 50.6 Å². The molecule has 0 bridgehead atoms. The van der Waals surface area contributed by atoms with Gasteiger partial charge < -0.3 is 14.5 Å². The molecule has 0 aliphatic carbocycles. The van der Waals surface area contributed by atoms with Crippen LogP contribution < -0.4 is 4.74 Å². The van der Waals surface area contributed by atoms with Crippen LogP contribution in [-0.4, -0.2) is 91.6 Å². The van der Waals surface area contributed by atoms with Gasteiger partial charge in [-0.3, -0.25) is 9.59 Å². The van der Waals surface area contributed by atoms with E-state index in [1.165, 1.54) is 4.31 Å². The minimum Gasteiger partial charge on any atom is -0.497 e. The normalized spacial score (nSPS) is 24.7. The van der Waals surface area contributed by atoms with Crippen LogP contribution in [0.15, 0.2) is 24.3 Å². The minimum absolute atomic E-state index is 0.00265. The van der Waals surface area contributed by atoms with Crippen molar-refractivity contribution in [2.45, 2.75) is 45.1 Å². The first-order valence-corrected chi connectivity index (χ1v) is 13.7. The van der Waals surface area contributed by atoms with E-state index in [4.69, 9.17) is 4.74 Å². The molecule has 2 atom stereocenters. The highest BCUT2D eigenvalue weighted by atomic mass is 32.2. The number of hydrogen-bond acceptors (Lipinski definition) is 5. The molecule has 1 aromatic rings. The van der Waals surface area contributed by atoms with Crippen molar-refractivity contribution in [2.75, 3.05) is 52.9 Å². The Bertz CT molecular complexity index is 970. The molecule has 0 unspecified atom stereocenters. The van der Waals surface area contributed by atoms with Gasteiger partial charge in [-0.2, -0.15) is 17.0 Å². The van der Waals surface area contributed by atoms with Gasteiger partial charge in [-0.25, -0.2) is 0 Å². The SMILES string of the molecule is CCCCN1C(=O)C[C@@H](C(=O)N2CCN(S(=O)(=O)N3CCCC3)CC2)[C@H]1c1ccc(OC)cc1. The predicted molar refractivity (Wildman–Crippen MR) is 128 cm³/mol.